The van der Waals surface area contributed by atoms with E-state index >= 15 is 0 Å². The second kappa shape index (κ2) is 19.8. The number of allylic oxidation sites excluding steroid dienone is 6. The van der Waals surface area contributed by atoms with Gasteiger partial charge in [-0.3, -0.25) is 9.59 Å². The topological polar surface area (TPSA) is 74.6 Å². The van der Waals surface area contributed by atoms with Crippen molar-refractivity contribution in [3.8, 4) is 0 Å². The van der Waals surface area contributed by atoms with Crippen molar-refractivity contribution in [1.29, 1.82) is 0 Å². The number of aliphatic hydroxyl groups excluding tert-OH is 2. The fraction of sp³-hybridized carbons (Fsp3) is 0. The Morgan fingerprint density at radius 1 is 0.395 bits per heavy atom. The minimum Gasteiger partial charge on any atom is -0.508 e. The van der Waals surface area contributed by atoms with E-state index in [1.165, 1.54) is 36.5 Å². The van der Waals surface area contributed by atoms with Crippen LogP contribution in [-0.4, -0.2) is 21.8 Å². The second-order valence-electron chi connectivity index (χ2n) is 8.92. The Balaban J connectivity index is 0.000000293. The zero-order valence-corrected chi connectivity index (χ0v) is 24.3. The van der Waals surface area contributed by atoms with Crippen LogP contribution >= 0.6 is 0 Å². The van der Waals surface area contributed by atoms with E-state index in [0.717, 1.165) is 22.3 Å². The molecule has 218 valence electrons. The summed E-state index contributed by atoms with van der Waals surface area (Å²) in [6.45, 7) is 0. The van der Waals surface area contributed by atoms with Crippen LogP contribution in [0.25, 0.3) is 24.3 Å². The van der Waals surface area contributed by atoms with Gasteiger partial charge in [-0.1, -0.05) is 146 Å². The zero-order chi connectivity index (χ0) is 29.8. The molecule has 5 heteroatoms. The fourth-order valence-electron chi connectivity index (χ4n) is 3.46. The average molecular weight is 611 g/mol. The van der Waals surface area contributed by atoms with Crippen LogP contribution in [0.4, 0.5) is 0 Å². The van der Waals surface area contributed by atoms with E-state index in [1.54, 1.807) is 24.3 Å². The molecule has 2 N–H and O–H groups in total. The van der Waals surface area contributed by atoms with Crippen LogP contribution in [0.2, 0.25) is 0 Å². The van der Waals surface area contributed by atoms with E-state index in [0.29, 0.717) is 0 Å². The normalized spacial score (nSPS) is 11.8. The molecule has 0 aliphatic rings. The largest absolute Gasteiger partial charge is 0.508 e. The molecule has 0 aliphatic heterocycles. The minimum atomic E-state index is -0.255. The van der Waals surface area contributed by atoms with Gasteiger partial charge in [0, 0.05) is 28.6 Å². The number of hydrogen-bond donors (Lipinski definition) is 2. The second-order valence-corrected chi connectivity index (χ2v) is 8.92. The molecule has 0 saturated heterocycles. The Morgan fingerprint density at radius 2 is 0.628 bits per heavy atom. The SMILES string of the molecule is O=C(/C=C(O)/C=C/c1ccccc1)/C=C/c1ccccc1.O=C(/C=C(O)/C=C/c1ccccc1)/C=C/c1ccccc1.[Ni]. The van der Waals surface area contributed by atoms with Crippen molar-refractivity contribution in [3.63, 3.8) is 0 Å². The van der Waals surface area contributed by atoms with Crippen LogP contribution < -0.4 is 0 Å². The maximum Gasteiger partial charge on any atom is 0.182 e. The Morgan fingerprint density at radius 3 is 0.884 bits per heavy atom. The van der Waals surface area contributed by atoms with E-state index in [4.69, 9.17) is 0 Å². The van der Waals surface area contributed by atoms with E-state index in [9.17, 15) is 19.8 Å². The molecular weight excluding hydrogens is 579 g/mol. The molecule has 0 saturated carbocycles. The molecule has 4 rings (SSSR count). The van der Waals surface area contributed by atoms with Gasteiger partial charge in [-0.25, -0.2) is 0 Å². The first-order valence-corrected chi connectivity index (χ1v) is 13.3. The summed E-state index contributed by atoms with van der Waals surface area (Å²) in [5.74, 6) is -0.647. The summed E-state index contributed by atoms with van der Waals surface area (Å²) >= 11 is 0. The first-order chi connectivity index (χ1) is 20.5. The van der Waals surface area contributed by atoms with Crippen LogP contribution in [0, 0.1) is 0 Å². The molecule has 4 aromatic carbocycles. The molecule has 43 heavy (non-hydrogen) atoms. The number of aliphatic hydroxyl groups is 2. The molecule has 0 aromatic heterocycles. The van der Waals surface area contributed by atoms with Gasteiger partial charge in [0.2, 0.25) is 0 Å². The van der Waals surface area contributed by atoms with Gasteiger partial charge in [0.15, 0.2) is 11.6 Å². The fourth-order valence-corrected chi connectivity index (χ4v) is 3.46. The number of benzene rings is 4. The Kier molecular flexibility index (Phi) is 15.6. The van der Waals surface area contributed by atoms with Crippen LogP contribution in [-0.2, 0) is 26.1 Å². The first-order valence-electron chi connectivity index (χ1n) is 13.3. The molecule has 0 fully saturated rings. The summed E-state index contributed by atoms with van der Waals surface area (Å²) in [6, 6.07) is 38.2. The number of carbonyl (C=O) groups excluding carboxylic acids is 2. The summed E-state index contributed by atoms with van der Waals surface area (Å²) in [6.07, 6.45) is 15.2. The molecule has 0 radical (unpaired) electrons. The van der Waals surface area contributed by atoms with Gasteiger partial charge in [0.05, 0.1) is 0 Å². The summed E-state index contributed by atoms with van der Waals surface area (Å²) in [7, 11) is 0. The smallest absolute Gasteiger partial charge is 0.182 e. The van der Waals surface area contributed by atoms with Gasteiger partial charge in [-0.05, 0) is 46.6 Å². The number of carbonyl (C=O) groups is 2. The standard InChI is InChI=1S/2C19H16O2.Ni/c2*20-18(13-11-16-7-3-1-4-8-16)15-19(21)14-12-17-9-5-2-6-10-17;/h2*1-15,20H;/b2*13-11+,14-12+,18-15-;. The van der Waals surface area contributed by atoms with Gasteiger partial charge in [-0.2, -0.15) is 0 Å². The van der Waals surface area contributed by atoms with Crippen molar-refractivity contribution >= 4 is 35.9 Å². The minimum absolute atomic E-state index is 0. The maximum atomic E-state index is 11.7. The van der Waals surface area contributed by atoms with Crippen molar-refractivity contribution in [1.82, 2.24) is 0 Å². The third kappa shape index (κ3) is 14.8. The summed E-state index contributed by atoms with van der Waals surface area (Å²) in [5.41, 5.74) is 3.81. The first kappa shape index (κ1) is 34.0. The molecule has 0 unspecified atom stereocenters. The quantitative estimate of drug-likeness (QED) is 0.0814. The van der Waals surface area contributed by atoms with E-state index in [1.807, 2.05) is 121 Å². The predicted molar refractivity (Wildman–Crippen MR) is 173 cm³/mol. The molecule has 4 aromatic rings. The molecular formula is C38H32NiO4. The number of rotatable bonds is 10. The molecule has 0 heterocycles. The molecule has 0 amide bonds. The van der Waals surface area contributed by atoms with Crippen molar-refractivity contribution in [2.75, 3.05) is 0 Å². The predicted octanol–water partition coefficient (Wildman–Crippen LogP) is 8.85. The summed E-state index contributed by atoms with van der Waals surface area (Å²) in [5, 5.41) is 19.4. The molecule has 4 nitrogen and oxygen atoms in total. The Bertz CT molecular complexity index is 1460. The molecule has 0 atom stereocenters. The van der Waals surface area contributed by atoms with Gasteiger partial charge >= 0.3 is 0 Å². The van der Waals surface area contributed by atoms with Crippen molar-refractivity contribution < 1.29 is 36.3 Å². The van der Waals surface area contributed by atoms with E-state index < -0.39 is 0 Å². The third-order valence-electron chi connectivity index (χ3n) is 5.55. The summed E-state index contributed by atoms with van der Waals surface area (Å²) < 4.78 is 0. The summed E-state index contributed by atoms with van der Waals surface area (Å²) in [4.78, 5) is 23.4. The van der Waals surface area contributed by atoms with Crippen molar-refractivity contribution in [3.05, 3.63) is 192 Å². The third-order valence-corrected chi connectivity index (χ3v) is 5.55. The van der Waals surface area contributed by atoms with Gasteiger partial charge in [0.25, 0.3) is 0 Å². The van der Waals surface area contributed by atoms with Crippen molar-refractivity contribution in [2.45, 2.75) is 0 Å². The van der Waals surface area contributed by atoms with Crippen LogP contribution in [0.1, 0.15) is 22.3 Å². The average Bonchev–Trinajstić information content (AvgIpc) is 3.03. The van der Waals surface area contributed by atoms with Gasteiger partial charge in [0.1, 0.15) is 11.5 Å². The molecule has 0 bridgehead atoms. The monoisotopic (exact) mass is 610 g/mol. The van der Waals surface area contributed by atoms with Gasteiger partial charge in [-0.15, -0.1) is 0 Å². The van der Waals surface area contributed by atoms with E-state index in [2.05, 4.69) is 0 Å². The van der Waals surface area contributed by atoms with Crippen molar-refractivity contribution in [2.24, 2.45) is 0 Å². The molecule has 0 spiro atoms. The Labute approximate surface area is 263 Å². The Hall–Kier alpha value is -5.25. The maximum absolute atomic E-state index is 11.7. The van der Waals surface area contributed by atoms with Gasteiger partial charge < -0.3 is 10.2 Å². The molecule has 0 aliphatic carbocycles. The van der Waals surface area contributed by atoms with Crippen LogP contribution in [0.15, 0.2) is 169 Å². The van der Waals surface area contributed by atoms with E-state index in [-0.39, 0.29) is 39.6 Å². The zero-order valence-electron chi connectivity index (χ0n) is 23.3. The number of ketones is 2. The van der Waals surface area contributed by atoms with Crippen LogP contribution in [0.5, 0.6) is 0 Å². The number of hydrogen-bond acceptors (Lipinski definition) is 4. The van der Waals surface area contributed by atoms with Crippen LogP contribution in [0.3, 0.4) is 0 Å².